The third kappa shape index (κ3) is 4.50. The van der Waals surface area contributed by atoms with Crippen LogP contribution in [0.5, 0.6) is 0 Å². The van der Waals surface area contributed by atoms with E-state index in [0.717, 1.165) is 31.5 Å². The molecule has 0 fully saturated rings. The fourth-order valence-electron chi connectivity index (χ4n) is 1.73. The highest BCUT2D eigenvalue weighted by molar-refractivity contribution is 7.08. The van der Waals surface area contributed by atoms with Gasteiger partial charge < -0.3 is 4.90 Å². The minimum atomic E-state index is 0.191. The van der Waals surface area contributed by atoms with E-state index in [-0.39, 0.29) is 5.91 Å². The molecule has 1 atom stereocenters. The van der Waals surface area contributed by atoms with Crippen molar-refractivity contribution in [3.8, 4) is 0 Å². The summed E-state index contributed by atoms with van der Waals surface area (Å²) in [6, 6.07) is 1.92. The van der Waals surface area contributed by atoms with Crippen molar-refractivity contribution in [1.82, 2.24) is 4.90 Å². The van der Waals surface area contributed by atoms with Gasteiger partial charge in [-0.3, -0.25) is 4.79 Å². The highest BCUT2D eigenvalue weighted by atomic mass is 32.1. The molecule has 2 nitrogen and oxygen atoms in total. The van der Waals surface area contributed by atoms with Crippen LogP contribution in [-0.4, -0.2) is 23.9 Å². The Morgan fingerprint density at radius 3 is 2.71 bits per heavy atom. The Hall–Kier alpha value is -0.830. The van der Waals surface area contributed by atoms with Gasteiger partial charge in [-0.1, -0.05) is 27.2 Å². The van der Waals surface area contributed by atoms with Crippen LogP contribution in [0, 0.1) is 5.92 Å². The monoisotopic (exact) mass is 253 g/mol. The minimum absolute atomic E-state index is 0.191. The molecule has 0 N–H and O–H groups in total. The van der Waals surface area contributed by atoms with E-state index in [0.29, 0.717) is 5.92 Å². The Balaban J connectivity index is 2.56. The molecule has 17 heavy (non-hydrogen) atoms. The normalized spacial score (nSPS) is 12.4. The second-order valence-corrected chi connectivity index (χ2v) is 5.39. The van der Waals surface area contributed by atoms with Crippen LogP contribution < -0.4 is 0 Å². The van der Waals surface area contributed by atoms with Gasteiger partial charge in [-0.15, -0.1) is 0 Å². The second kappa shape index (κ2) is 7.49. The lowest BCUT2D eigenvalue weighted by Gasteiger charge is -2.23. The smallest absolute Gasteiger partial charge is 0.254 e. The summed E-state index contributed by atoms with van der Waals surface area (Å²) in [6.45, 7) is 8.33. The van der Waals surface area contributed by atoms with Crippen LogP contribution in [0.15, 0.2) is 16.8 Å². The number of hydrogen-bond donors (Lipinski definition) is 0. The summed E-state index contributed by atoms with van der Waals surface area (Å²) in [7, 11) is 0. The molecule has 1 aromatic rings. The molecule has 0 aliphatic heterocycles. The standard InChI is InChI=1S/C14H23NOS/c1-4-8-15(9-6-12(3)5-2)14(16)13-7-10-17-11-13/h7,10-12H,4-6,8-9H2,1-3H3. The van der Waals surface area contributed by atoms with Crippen LogP contribution >= 0.6 is 11.3 Å². The third-order valence-corrected chi connectivity index (χ3v) is 3.82. The van der Waals surface area contributed by atoms with Crippen molar-refractivity contribution < 1.29 is 4.79 Å². The van der Waals surface area contributed by atoms with Crippen LogP contribution in [0.3, 0.4) is 0 Å². The quantitative estimate of drug-likeness (QED) is 0.718. The number of carbonyl (C=O) groups is 1. The predicted octanol–water partition coefficient (Wildman–Crippen LogP) is 4.04. The maximum atomic E-state index is 12.2. The number of amides is 1. The predicted molar refractivity (Wildman–Crippen MR) is 74.6 cm³/mol. The van der Waals surface area contributed by atoms with Crippen LogP contribution in [-0.2, 0) is 0 Å². The Kier molecular flexibility index (Phi) is 6.27. The van der Waals surface area contributed by atoms with Gasteiger partial charge in [0.05, 0.1) is 5.56 Å². The van der Waals surface area contributed by atoms with Crippen molar-refractivity contribution in [2.45, 2.75) is 40.0 Å². The van der Waals surface area contributed by atoms with E-state index >= 15 is 0 Å². The molecule has 0 bridgehead atoms. The van der Waals surface area contributed by atoms with Crippen molar-refractivity contribution in [2.75, 3.05) is 13.1 Å². The number of thiophene rings is 1. The molecule has 0 radical (unpaired) electrons. The van der Waals surface area contributed by atoms with Crippen molar-refractivity contribution >= 4 is 17.2 Å². The Labute approximate surface area is 109 Å². The van der Waals surface area contributed by atoms with Crippen molar-refractivity contribution in [2.24, 2.45) is 5.92 Å². The van der Waals surface area contributed by atoms with E-state index in [1.54, 1.807) is 11.3 Å². The highest BCUT2D eigenvalue weighted by Crippen LogP contribution is 2.13. The van der Waals surface area contributed by atoms with Crippen LogP contribution in [0.4, 0.5) is 0 Å². The molecule has 0 saturated carbocycles. The summed E-state index contributed by atoms with van der Waals surface area (Å²) >= 11 is 1.58. The van der Waals surface area contributed by atoms with Crippen molar-refractivity contribution in [3.05, 3.63) is 22.4 Å². The highest BCUT2D eigenvalue weighted by Gasteiger charge is 2.15. The first kappa shape index (κ1) is 14.2. The zero-order valence-electron chi connectivity index (χ0n) is 11.1. The van der Waals surface area contributed by atoms with Crippen LogP contribution in [0.1, 0.15) is 50.4 Å². The first-order chi connectivity index (χ1) is 8.19. The molecule has 1 rings (SSSR count). The molecule has 1 unspecified atom stereocenters. The molecule has 3 heteroatoms. The van der Waals surface area contributed by atoms with Gasteiger partial charge in [-0.25, -0.2) is 0 Å². The van der Waals surface area contributed by atoms with Gasteiger partial charge in [-0.05, 0) is 30.2 Å². The minimum Gasteiger partial charge on any atom is -0.339 e. The van der Waals surface area contributed by atoms with E-state index < -0.39 is 0 Å². The largest absolute Gasteiger partial charge is 0.339 e. The maximum absolute atomic E-state index is 12.2. The van der Waals surface area contributed by atoms with Gasteiger partial charge in [0.1, 0.15) is 0 Å². The third-order valence-electron chi connectivity index (χ3n) is 3.14. The molecule has 0 aromatic carbocycles. The summed E-state index contributed by atoms with van der Waals surface area (Å²) in [5.74, 6) is 0.890. The average molecular weight is 253 g/mol. The summed E-state index contributed by atoms with van der Waals surface area (Å²) in [5.41, 5.74) is 0.840. The number of carbonyl (C=O) groups excluding carboxylic acids is 1. The lowest BCUT2D eigenvalue weighted by Crippen LogP contribution is -2.33. The first-order valence-corrected chi connectivity index (χ1v) is 7.44. The summed E-state index contributed by atoms with van der Waals surface area (Å²) in [6.07, 6.45) is 3.31. The van der Waals surface area contributed by atoms with Gasteiger partial charge in [0.25, 0.3) is 5.91 Å². The van der Waals surface area contributed by atoms with E-state index in [4.69, 9.17) is 0 Å². The average Bonchev–Trinajstić information content (AvgIpc) is 2.86. The zero-order chi connectivity index (χ0) is 12.7. The maximum Gasteiger partial charge on any atom is 0.254 e. The molecule has 0 aliphatic rings. The number of rotatable bonds is 7. The van der Waals surface area contributed by atoms with Crippen LogP contribution in [0.2, 0.25) is 0 Å². The Morgan fingerprint density at radius 1 is 1.41 bits per heavy atom. The van der Waals surface area contributed by atoms with Gasteiger partial charge in [0.15, 0.2) is 0 Å². The summed E-state index contributed by atoms with van der Waals surface area (Å²) in [5, 5.41) is 3.90. The molecule has 0 spiro atoms. The zero-order valence-corrected chi connectivity index (χ0v) is 11.9. The molecule has 1 aromatic heterocycles. The van der Waals surface area contributed by atoms with Crippen LogP contribution in [0.25, 0.3) is 0 Å². The topological polar surface area (TPSA) is 20.3 Å². The molecule has 96 valence electrons. The summed E-state index contributed by atoms with van der Waals surface area (Å²) < 4.78 is 0. The van der Waals surface area contributed by atoms with E-state index in [2.05, 4.69) is 20.8 Å². The summed E-state index contributed by atoms with van der Waals surface area (Å²) in [4.78, 5) is 14.2. The van der Waals surface area contributed by atoms with E-state index in [1.165, 1.54) is 6.42 Å². The molecule has 1 heterocycles. The number of nitrogens with zero attached hydrogens (tertiary/aromatic N) is 1. The molecular weight excluding hydrogens is 230 g/mol. The van der Waals surface area contributed by atoms with Gasteiger partial charge >= 0.3 is 0 Å². The Morgan fingerprint density at radius 2 is 2.18 bits per heavy atom. The molecule has 0 aliphatic carbocycles. The number of hydrogen-bond acceptors (Lipinski definition) is 2. The van der Waals surface area contributed by atoms with Crippen molar-refractivity contribution in [3.63, 3.8) is 0 Å². The molecule has 0 saturated heterocycles. The molecule has 1 amide bonds. The molecular formula is C14H23NOS. The van der Waals surface area contributed by atoms with E-state index in [9.17, 15) is 4.79 Å². The first-order valence-electron chi connectivity index (χ1n) is 6.50. The lowest BCUT2D eigenvalue weighted by molar-refractivity contribution is 0.0747. The van der Waals surface area contributed by atoms with Crippen molar-refractivity contribution in [1.29, 1.82) is 0 Å². The fraction of sp³-hybridized carbons (Fsp3) is 0.643. The Bertz CT molecular complexity index is 321. The van der Waals surface area contributed by atoms with E-state index in [1.807, 2.05) is 21.7 Å². The second-order valence-electron chi connectivity index (χ2n) is 4.61. The van der Waals surface area contributed by atoms with Gasteiger partial charge in [0, 0.05) is 18.5 Å². The van der Waals surface area contributed by atoms with Gasteiger partial charge in [-0.2, -0.15) is 11.3 Å². The van der Waals surface area contributed by atoms with Gasteiger partial charge in [0.2, 0.25) is 0 Å². The SMILES string of the molecule is CCCN(CCC(C)CC)C(=O)c1ccsc1. The fourth-order valence-corrected chi connectivity index (χ4v) is 2.36. The lowest BCUT2D eigenvalue weighted by atomic mass is 10.0.